The summed E-state index contributed by atoms with van der Waals surface area (Å²) in [6, 6.07) is 57.4. The predicted octanol–water partition coefficient (Wildman–Crippen LogP) is 13.2. The maximum Gasteiger partial charge on any atom is 0.170 e. The fourth-order valence-corrected chi connectivity index (χ4v) is 9.49. The third kappa shape index (κ3) is 4.78. The van der Waals surface area contributed by atoms with E-state index in [2.05, 4.69) is 139 Å². The number of furan rings is 2. The number of nitrogens with zero attached hydrogens (tertiary/aromatic N) is 2. The number of rotatable bonds is 4. The van der Waals surface area contributed by atoms with Crippen LogP contribution in [0.4, 0.5) is 0 Å². The minimum absolute atomic E-state index is 0.523. The fraction of sp³-hybridized carbons (Fsp3) is 0.0204. The number of amidine groups is 2. The van der Waals surface area contributed by atoms with Crippen LogP contribution in [0.15, 0.2) is 183 Å². The van der Waals surface area contributed by atoms with Crippen LogP contribution >= 0.6 is 11.3 Å². The maximum atomic E-state index is 6.54. The molecule has 0 saturated carbocycles. The number of hydrogen-bond acceptors (Lipinski definition) is 6. The van der Waals surface area contributed by atoms with Gasteiger partial charge >= 0.3 is 0 Å². The zero-order chi connectivity index (χ0) is 36.0. The molecule has 0 amide bonds. The Morgan fingerprint density at radius 2 is 1.09 bits per heavy atom. The first-order valence-electron chi connectivity index (χ1n) is 18.4. The van der Waals surface area contributed by atoms with Gasteiger partial charge < -0.3 is 14.2 Å². The molecule has 6 heteroatoms. The number of thiophene rings is 1. The van der Waals surface area contributed by atoms with Crippen molar-refractivity contribution in [3.05, 3.63) is 180 Å². The molecule has 55 heavy (non-hydrogen) atoms. The Morgan fingerprint density at radius 1 is 0.436 bits per heavy atom. The van der Waals surface area contributed by atoms with E-state index in [1.54, 1.807) is 0 Å². The van der Waals surface area contributed by atoms with Gasteiger partial charge in [0.25, 0.3) is 0 Å². The molecule has 0 bridgehead atoms. The van der Waals surface area contributed by atoms with Gasteiger partial charge in [0.05, 0.1) is 0 Å². The average Bonchev–Trinajstić information content (AvgIpc) is 3.94. The summed E-state index contributed by atoms with van der Waals surface area (Å²) in [6.45, 7) is 0. The molecule has 1 N–H and O–H groups in total. The molecule has 8 aromatic carbocycles. The second-order valence-corrected chi connectivity index (χ2v) is 15.2. The van der Waals surface area contributed by atoms with Crippen molar-refractivity contribution in [2.45, 2.75) is 6.17 Å². The third-order valence-electron chi connectivity index (χ3n) is 10.9. The molecule has 1 aliphatic heterocycles. The molecule has 3 aromatic heterocycles. The molecule has 0 saturated heterocycles. The van der Waals surface area contributed by atoms with Crippen LogP contribution in [0, 0.1) is 0 Å². The van der Waals surface area contributed by atoms with E-state index in [4.69, 9.17) is 18.8 Å². The van der Waals surface area contributed by atoms with Crippen LogP contribution in [0.25, 0.3) is 85.9 Å². The van der Waals surface area contributed by atoms with E-state index in [1.165, 1.54) is 25.6 Å². The summed E-state index contributed by atoms with van der Waals surface area (Å²) in [6.07, 6.45) is -0.523. The Bertz CT molecular complexity index is 3440. The largest absolute Gasteiger partial charge is 0.456 e. The quantitative estimate of drug-likeness (QED) is 0.197. The third-order valence-corrected chi connectivity index (χ3v) is 12.1. The second-order valence-electron chi connectivity index (χ2n) is 14.1. The highest BCUT2D eigenvalue weighted by molar-refractivity contribution is 7.25. The number of aliphatic imine (C=N–C) groups is 2. The lowest BCUT2D eigenvalue weighted by Crippen LogP contribution is -2.36. The molecule has 0 radical (unpaired) electrons. The number of fused-ring (bicyclic) bond motifs is 10. The number of para-hydroxylation sites is 1. The molecular weight excluding hydrogens is 695 g/mol. The molecule has 4 heterocycles. The zero-order valence-electron chi connectivity index (χ0n) is 29.3. The summed E-state index contributed by atoms with van der Waals surface area (Å²) in [5.74, 6) is 1.56. The van der Waals surface area contributed by atoms with Gasteiger partial charge in [0.15, 0.2) is 6.17 Å². The van der Waals surface area contributed by atoms with Gasteiger partial charge in [0.1, 0.15) is 34.0 Å². The molecule has 12 rings (SSSR count). The Kier molecular flexibility index (Phi) is 6.50. The standard InChI is InChI=1S/C49H29N3O2S/c1-2-10-29-25-31(20-19-28(29)9-1)47-50-48(32-21-23-35-34-11-4-6-18-43(34)55-44(35)27-32)52-49(51-47)37-14-8-17-42-46(37)38-26-30(22-24-40(38)54-42)33-13-7-16-41-45(33)36-12-3-5-15-39(36)53-41/h1-27,49H,(H,50,51,52). The molecular formula is C49H29N3O2S. The highest BCUT2D eigenvalue weighted by atomic mass is 32.1. The van der Waals surface area contributed by atoms with Crippen molar-refractivity contribution in [1.82, 2.24) is 5.32 Å². The Balaban J connectivity index is 1.05. The van der Waals surface area contributed by atoms with Crippen molar-refractivity contribution in [3.63, 3.8) is 0 Å². The first kappa shape index (κ1) is 30.4. The van der Waals surface area contributed by atoms with Gasteiger partial charge in [0.2, 0.25) is 0 Å². The first-order chi connectivity index (χ1) is 27.2. The van der Waals surface area contributed by atoms with Crippen LogP contribution < -0.4 is 5.32 Å². The van der Waals surface area contributed by atoms with Crippen LogP contribution in [0.1, 0.15) is 22.9 Å². The van der Waals surface area contributed by atoms with Crippen molar-refractivity contribution < 1.29 is 8.83 Å². The van der Waals surface area contributed by atoms with Gasteiger partial charge in [-0.2, -0.15) is 0 Å². The molecule has 0 fully saturated rings. The summed E-state index contributed by atoms with van der Waals surface area (Å²) in [7, 11) is 0. The van der Waals surface area contributed by atoms with Gasteiger partial charge in [-0.3, -0.25) is 0 Å². The number of hydrogen-bond donors (Lipinski definition) is 1. The lowest BCUT2D eigenvalue weighted by atomic mass is 9.96. The van der Waals surface area contributed by atoms with Crippen molar-refractivity contribution in [3.8, 4) is 11.1 Å². The highest BCUT2D eigenvalue weighted by Crippen LogP contribution is 2.42. The molecule has 1 unspecified atom stereocenters. The van der Waals surface area contributed by atoms with E-state index in [1.807, 2.05) is 41.7 Å². The SMILES string of the molecule is c1ccc2cc(C3=NC(c4cccc5oc6ccc(-c7cccc8oc9ccccc9c78)cc6c45)N=C(c4ccc5c(c4)sc4ccccc45)N3)ccc2c1. The molecule has 258 valence electrons. The topological polar surface area (TPSA) is 63.0 Å². The molecule has 1 atom stereocenters. The molecule has 5 nitrogen and oxygen atoms in total. The second kappa shape index (κ2) is 11.7. The molecule has 0 spiro atoms. The van der Waals surface area contributed by atoms with E-state index in [0.29, 0.717) is 0 Å². The number of nitrogens with one attached hydrogen (secondary N) is 1. The normalized spacial score (nSPS) is 14.7. The minimum atomic E-state index is -0.523. The summed E-state index contributed by atoms with van der Waals surface area (Å²) in [5, 5.41) is 12.8. The van der Waals surface area contributed by atoms with Crippen LogP contribution in [-0.2, 0) is 0 Å². The maximum absolute atomic E-state index is 6.54. The predicted molar refractivity (Wildman–Crippen MR) is 229 cm³/mol. The smallest absolute Gasteiger partial charge is 0.170 e. The van der Waals surface area contributed by atoms with Gasteiger partial charge in [-0.15, -0.1) is 11.3 Å². The average molecular weight is 724 g/mol. The number of benzene rings is 8. The first-order valence-corrected chi connectivity index (χ1v) is 19.2. The van der Waals surface area contributed by atoms with E-state index in [0.717, 1.165) is 88.8 Å². The molecule has 0 aliphatic carbocycles. The van der Waals surface area contributed by atoms with Gasteiger partial charge in [-0.1, -0.05) is 115 Å². The Labute approximate surface area is 318 Å². The summed E-state index contributed by atoms with van der Waals surface area (Å²) in [4.78, 5) is 10.7. The summed E-state index contributed by atoms with van der Waals surface area (Å²) >= 11 is 1.81. The van der Waals surface area contributed by atoms with Crippen LogP contribution in [0.3, 0.4) is 0 Å². The Hall–Kier alpha value is -7.02. The Morgan fingerprint density at radius 3 is 1.98 bits per heavy atom. The lowest BCUT2D eigenvalue weighted by molar-refractivity contribution is 0.667. The van der Waals surface area contributed by atoms with E-state index < -0.39 is 6.17 Å². The van der Waals surface area contributed by atoms with E-state index in [9.17, 15) is 0 Å². The monoisotopic (exact) mass is 723 g/mol. The summed E-state index contributed by atoms with van der Waals surface area (Å²) < 4.78 is 15.3. The van der Waals surface area contributed by atoms with Gasteiger partial charge in [-0.05, 0) is 70.4 Å². The molecule has 11 aromatic rings. The van der Waals surface area contributed by atoms with Gasteiger partial charge in [0, 0.05) is 58.4 Å². The zero-order valence-corrected chi connectivity index (χ0v) is 30.1. The van der Waals surface area contributed by atoms with Gasteiger partial charge in [-0.25, -0.2) is 9.98 Å². The van der Waals surface area contributed by atoms with Crippen molar-refractivity contribution in [2.24, 2.45) is 9.98 Å². The fourth-order valence-electron chi connectivity index (χ4n) is 8.34. The lowest BCUT2D eigenvalue weighted by Gasteiger charge is -2.23. The van der Waals surface area contributed by atoms with Crippen LogP contribution in [-0.4, -0.2) is 11.7 Å². The van der Waals surface area contributed by atoms with Crippen LogP contribution in [0.2, 0.25) is 0 Å². The summed E-state index contributed by atoms with van der Waals surface area (Å²) in [5.41, 5.74) is 8.60. The minimum Gasteiger partial charge on any atom is -0.456 e. The van der Waals surface area contributed by atoms with Crippen LogP contribution in [0.5, 0.6) is 0 Å². The van der Waals surface area contributed by atoms with E-state index >= 15 is 0 Å². The van der Waals surface area contributed by atoms with Crippen molar-refractivity contribution in [2.75, 3.05) is 0 Å². The molecule has 1 aliphatic rings. The van der Waals surface area contributed by atoms with Crippen molar-refractivity contribution >= 4 is 97.8 Å². The van der Waals surface area contributed by atoms with Crippen molar-refractivity contribution in [1.29, 1.82) is 0 Å². The van der Waals surface area contributed by atoms with E-state index in [-0.39, 0.29) is 0 Å². The highest BCUT2D eigenvalue weighted by Gasteiger charge is 2.25.